The topological polar surface area (TPSA) is 24.5 Å². The van der Waals surface area contributed by atoms with E-state index in [-0.39, 0.29) is 5.54 Å². The maximum Gasteiger partial charge on any atom is 0.0726 e. The van der Waals surface area contributed by atoms with Crippen LogP contribution in [0.5, 0.6) is 0 Å². The smallest absolute Gasteiger partial charge is 0.0726 e. The summed E-state index contributed by atoms with van der Waals surface area (Å²) >= 11 is 0. The Morgan fingerprint density at radius 1 is 1.10 bits per heavy atom. The number of benzene rings is 1. The highest BCUT2D eigenvalue weighted by Crippen LogP contribution is 2.21. The van der Waals surface area contributed by atoms with Crippen LogP contribution in [-0.2, 0) is 11.3 Å². The van der Waals surface area contributed by atoms with Crippen LogP contribution in [0.2, 0.25) is 0 Å². The summed E-state index contributed by atoms with van der Waals surface area (Å²) in [6.45, 7) is 13.7. The Morgan fingerprint density at radius 2 is 1.65 bits per heavy atom. The maximum atomic E-state index is 5.79. The molecule has 1 heterocycles. The van der Waals surface area contributed by atoms with Gasteiger partial charge in [0.15, 0.2) is 0 Å². The third-order valence-corrected chi connectivity index (χ3v) is 3.54. The molecule has 3 nitrogen and oxygen atoms in total. The van der Waals surface area contributed by atoms with Gasteiger partial charge >= 0.3 is 0 Å². The summed E-state index contributed by atoms with van der Waals surface area (Å²) in [5, 5.41) is 3.52. The van der Waals surface area contributed by atoms with Crippen LogP contribution in [0.1, 0.15) is 40.2 Å². The molecule has 20 heavy (non-hydrogen) atoms. The van der Waals surface area contributed by atoms with Crippen LogP contribution in [0.4, 0.5) is 5.69 Å². The minimum absolute atomic E-state index is 0.160. The van der Waals surface area contributed by atoms with Crippen molar-refractivity contribution < 1.29 is 4.74 Å². The van der Waals surface area contributed by atoms with Gasteiger partial charge < -0.3 is 15.0 Å². The van der Waals surface area contributed by atoms with E-state index in [1.165, 1.54) is 11.3 Å². The molecule has 1 aliphatic heterocycles. The third kappa shape index (κ3) is 4.50. The lowest BCUT2D eigenvalue weighted by molar-refractivity contribution is -0.00521. The third-order valence-electron chi connectivity index (χ3n) is 3.54. The van der Waals surface area contributed by atoms with Gasteiger partial charge in [0.2, 0.25) is 0 Å². The van der Waals surface area contributed by atoms with E-state index < -0.39 is 0 Å². The lowest BCUT2D eigenvalue weighted by Gasteiger charge is -2.37. The van der Waals surface area contributed by atoms with Gasteiger partial charge in [-0.3, -0.25) is 0 Å². The highest BCUT2D eigenvalue weighted by atomic mass is 16.5. The van der Waals surface area contributed by atoms with Crippen molar-refractivity contribution in [1.82, 2.24) is 5.32 Å². The molecule has 1 aromatic rings. The van der Waals surface area contributed by atoms with Crippen molar-refractivity contribution in [2.75, 3.05) is 18.0 Å². The molecule has 0 aromatic heterocycles. The number of hydrogen-bond donors (Lipinski definition) is 1. The Labute approximate surface area is 123 Å². The lowest BCUT2D eigenvalue weighted by Crippen LogP contribution is -2.45. The van der Waals surface area contributed by atoms with Crippen LogP contribution >= 0.6 is 0 Å². The van der Waals surface area contributed by atoms with Gasteiger partial charge in [-0.2, -0.15) is 0 Å². The molecule has 1 aliphatic rings. The number of morpholine rings is 1. The quantitative estimate of drug-likeness (QED) is 0.917. The molecule has 1 fully saturated rings. The van der Waals surface area contributed by atoms with Gasteiger partial charge in [0.25, 0.3) is 0 Å². The van der Waals surface area contributed by atoms with Crippen molar-refractivity contribution in [3.63, 3.8) is 0 Å². The van der Waals surface area contributed by atoms with Crippen LogP contribution in [-0.4, -0.2) is 30.8 Å². The van der Waals surface area contributed by atoms with E-state index in [2.05, 4.69) is 69.1 Å². The molecule has 0 unspecified atom stereocenters. The molecule has 0 amide bonds. The number of hydrogen-bond acceptors (Lipinski definition) is 3. The van der Waals surface area contributed by atoms with Crippen LogP contribution in [0.3, 0.4) is 0 Å². The Bertz CT molecular complexity index is 412. The first-order chi connectivity index (χ1) is 9.33. The van der Waals surface area contributed by atoms with Crippen LogP contribution < -0.4 is 10.2 Å². The number of ether oxygens (including phenoxy) is 1. The van der Waals surface area contributed by atoms with Gasteiger partial charge in [0, 0.05) is 30.9 Å². The molecule has 3 heteroatoms. The molecule has 112 valence electrons. The van der Waals surface area contributed by atoms with Gasteiger partial charge in [-0.1, -0.05) is 12.1 Å². The molecule has 0 bridgehead atoms. The molecule has 0 aliphatic carbocycles. The number of rotatable bonds is 3. The predicted octanol–water partition coefficient (Wildman–Crippen LogP) is 3.19. The van der Waals surface area contributed by atoms with E-state index in [1.807, 2.05) is 0 Å². The van der Waals surface area contributed by atoms with Gasteiger partial charge in [0.1, 0.15) is 0 Å². The average molecular weight is 276 g/mol. The fourth-order valence-electron chi connectivity index (χ4n) is 2.58. The summed E-state index contributed by atoms with van der Waals surface area (Å²) < 4.78 is 5.79. The highest BCUT2D eigenvalue weighted by molar-refractivity contribution is 5.48. The monoisotopic (exact) mass is 276 g/mol. The molecule has 2 atom stereocenters. The van der Waals surface area contributed by atoms with E-state index in [4.69, 9.17) is 4.74 Å². The van der Waals surface area contributed by atoms with Gasteiger partial charge in [-0.05, 0) is 52.3 Å². The average Bonchev–Trinajstić information content (AvgIpc) is 2.35. The Hall–Kier alpha value is -1.06. The normalized spacial score (nSPS) is 23.9. The Kier molecular flexibility index (Phi) is 4.71. The van der Waals surface area contributed by atoms with Gasteiger partial charge in [0.05, 0.1) is 12.2 Å². The first kappa shape index (κ1) is 15.3. The molecule has 0 saturated carbocycles. The zero-order chi connectivity index (χ0) is 14.8. The standard InChI is InChI=1S/C17H28N2O/c1-13-11-19(12-14(2)20-13)16-8-6-15(7-9-16)10-18-17(3,4)5/h6-9,13-14,18H,10-12H2,1-5H3/t13-,14+. The summed E-state index contributed by atoms with van der Waals surface area (Å²) in [5.74, 6) is 0. The second-order valence-electron chi connectivity index (χ2n) is 6.93. The fourth-order valence-corrected chi connectivity index (χ4v) is 2.58. The SMILES string of the molecule is C[C@@H]1CN(c2ccc(CNC(C)(C)C)cc2)C[C@H](C)O1. The summed E-state index contributed by atoms with van der Waals surface area (Å²) in [6, 6.07) is 8.90. The molecule has 0 spiro atoms. The first-order valence-electron chi connectivity index (χ1n) is 7.58. The first-order valence-corrected chi connectivity index (χ1v) is 7.58. The van der Waals surface area contributed by atoms with Crippen molar-refractivity contribution in [1.29, 1.82) is 0 Å². The van der Waals surface area contributed by atoms with E-state index in [0.717, 1.165) is 19.6 Å². The molecule has 1 aromatic carbocycles. The van der Waals surface area contributed by atoms with E-state index in [1.54, 1.807) is 0 Å². The number of anilines is 1. The van der Waals surface area contributed by atoms with Crippen LogP contribution in [0.15, 0.2) is 24.3 Å². The molecular weight excluding hydrogens is 248 g/mol. The number of nitrogens with one attached hydrogen (secondary N) is 1. The zero-order valence-electron chi connectivity index (χ0n) is 13.4. The van der Waals surface area contributed by atoms with Gasteiger partial charge in [-0.15, -0.1) is 0 Å². The minimum Gasteiger partial charge on any atom is -0.372 e. The molecule has 2 rings (SSSR count). The highest BCUT2D eigenvalue weighted by Gasteiger charge is 2.22. The minimum atomic E-state index is 0.160. The number of nitrogens with zero attached hydrogens (tertiary/aromatic N) is 1. The molecule has 0 radical (unpaired) electrons. The van der Waals surface area contributed by atoms with Crippen molar-refractivity contribution in [2.45, 2.75) is 58.9 Å². The fraction of sp³-hybridized carbons (Fsp3) is 0.647. The summed E-state index contributed by atoms with van der Waals surface area (Å²) in [6.07, 6.45) is 0.613. The summed E-state index contributed by atoms with van der Waals surface area (Å²) in [4.78, 5) is 2.42. The van der Waals surface area contributed by atoms with E-state index in [9.17, 15) is 0 Å². The molecule has 1 saturated heterocycles. The van der Waals surface area contributed by atoms with Crippen molar-refractivity contribution >= 4 is 5.69 Å². The lowest BCUT2D eigenvalue weighted by atomic mass is 10.1. The van der Waals surface area contributed by atoms with E-state index in [0.29, 0.717) is 12.2 Å². The van der Waals surface area contributed by atoms with Crippen LogP contribution in [0.25, 0.3) is 0 Å². The summed E-state index contributed by atoms with van der Waals surface area (Å²) in [7, 11) is 0. The molecule has 1 N–H and O–H groups in total. The Balaban J connectivity index is 1.97. The van der Waals surface area contributed by atoms with Crippen molar-refractivity contribution in [2.24, 2.45) is 0 Å². The maximum absolute atomic E-state index is 5.79. The van der Waals surface area contributed by atoms with Crippen LogP contribution in [0, 0.1) is 0 Å². The second kappa shape index (κ2) is 6.15. The van der Waals surface area contributed by atoms with Gasteiger partial charge in [-0.25, -0.2) is 0 Å². The predicted molar refractivity (Wildman–Crippen MR) is 85.3 cm³/mol. The van der Waals surface area contributed by atoms with Crippen molar-refractivity contribution in [3.05, 3.63) is 29.8 Å². The zero-order valence-corrected chi connectivity index (χ0v) is 13.4. The molecular formula is C17H28N2O. The van der Waals surface area contributed by atoms with Crippen molar-refractivity contribution in [3.8, 4) is 0 Å². The second-order valence-corrected chi connectivity index (χ2v) is 6.93. The van der Waals surface area contributed by atoms with E-state index >= 15 is 0 Å². The summed E-state index contributed by atoms with van der Waals surface area (Å²) in [5.41, 5.74) is 2.79. The largest absolute Gasteiger partial charge is 0.372 e. The Morgan fingerprint density at radius 3 is 2.15 bits per heavy atom.